The van der Waals surface area contributed by atoms with Crippen molar-refractivity contribution in [3.05, 3.63) is 11.6 Å². The van der Waals surface area contributed by atoms with Crippen molar-refractivity contribution in [2.24, 2.45) is 17.3 Å². The molecule has 2 aliphatic rings. The molecule has 0 heterocycles. The molecule has 3 atom stereocenters. The summed E-state index contributed by atoms with van der Waals surface area (Å²) in [5.74, 6) is -1.65. The van der Waals surface area contributed by atoms with E-state index in [1.54, 1.807) is 13.0 Å². The molecule has 0 bridgehead atoms. The molecule has 0 aliphatic heterocycles. The molecule has 1 fully saturated rings. The van der Waals surface area contributed by atoms with E-state index in [9.17, 15) is 9.59 Å². The molecule has 4 heteroatoms. The van der Waals surface area contributed by atoms with E-state index >= 15 is 0 Å². The van der Waals surface area contributed by atoms with Crippen LogP contribution < -0.4 is 0 Å². The molecule has 14 heavy (non-hydrogen) atoms. The first-order chi connectivity index (χ1) is 6.48. The Hall–Kier alpha value is -1.32. The molecule has 1 saturated carbocycles. The maximum Gasteiger partial charge on any atom is 0.331 e. The Bertz CT molecular complexity index is 344. The van der Waals surface area contributed by atoms with Gasteiger partial charge in [-0.15, -0.1) is 0 Å². The van der Waals surface area contributed by atoms with Crippen LogP contribution in [0.2, 0.25) is 0 Å². The van der Waals surface area contributed by atoms with Gasteiger partial charge in [-0.05, 0) is 31.6 Å². The molecule has 2 N–H and O–H groups in total. The van der Waals surface area contributed by atoms with E-state index in [0.717, 1.165) is 0 Å². The van der Waals surface area contributed by atoms with Gasteiger partial charge in [-0.25, -0.2) is 4.79 Å². The predicted molar refractivity (Wildman–Crippen MR) is 47.7 cm³/mol. The molecule has 76 valence electrons. The Morgan fingerprint density at radius 3 is 2.64 bits per heavy atom. The second kappa shape index (κ2) is 2.59. The summed E-state index contributed by atoms with van der Waals surface area (Å²) in [5, 5.41) is 17.8. The minimum absolute atomic E-state index is 0.0696. The van der Waals surface area contributed by atoms with E-state index in [4.69, 9.17) is 10.2 Å². The lowest BCUT2D eigenvalue weighted by molar-refractivity contribution is -0.143. The van der Waals surface area contributed by atoms with Crippen molar-refractivity contribution in [1.29, 1.82) is 0 Å². The number of aliphatic carboxylic acids is 2. The van der Waals surface area contributed by atoms with Gasteiger partial charge in [0.25, 0.3) is 0 Å². The van der Waals surface area contributed by atoms with E-state index < -0.39 is 17.4 Å². The molecule has 0 saturated heterocycles. The second-order valence-electron chi connectivity index (χ2n) is 4.26. The first-order valence-corrected chi connectivity index (χ1v) is 4.65. The van der Waals surface area contributed by atoms with E-state index in [0.29, 0.717) is 18.4 Å². The zero-order valence-corrected chi connectivity index (χ0v) is 7.86. The molecule has 0 radical (unpaired) electrons. The molecule has 3 unspecified atom stereocenters. The van der Waals surface area contributed by atoms with Crippen LogP contribution >= 0.6 is 0 Å². The van der Waals surface area contributed by atoms with E-state index in [2.05, 4.69) is 0 Å². The van der Waals surface area contributed by atoms with Gasteiger partial charge < -0.3 is 10.2 Å². The largest absolute Gasteiger partial charge is 0.481 e. The fourth-order valence-corrected chi connectivity index (χ4v) is 2.50. The van der Waals surface area contributed by atoms with Gasteiger partial charge in [-0.2, -0.15) is 0 Å². The van der Waals surface area contributed by atoms with Crippen LogP contribution in [0.15, 0.2) is 11.6 Å². The normalized spacial score (nSPS) is 39.6. The summed E-state index contributed by atoms with van der Waals surface area (Å²) in [4.78, 5) is 21.6. The maximum absolute atomic E-state index is 10.9. The Morgan fingerprint density at radius 2 is 2.14 bits per heavy atom. The minimum Gasteiger partial charge on any atom is -0.481 e. The third kappa shape index (κ3) is 0.997. The van der Waals surface area contributed by atoms with Gasteiger partial charge in [0.05, 0.1) is 5.41 Å². The van der Waals surface area contributed by atoms with Gasteiger partial charge >= 0.3 is 11.9 Å². The first-order valence-electron chi connectivity index (χ1n) is 4.65. The number of fused-ring (bicyclic) bond motifs is 1. The van der Waals surface area contributed by atoms with Crippen LogP contribution in [0.4, 0.5) is 0 Å². The highest BCUT2D eigenvalue weighted by Gasteiger charge is 2.66. The van der Waals surface area contributed by atoms with Crippen molar-refractivity contribution in [3.63, 3.8) is 0 Å². The Balaban J connectivity index is 2.23. The number of carbonyl (C=O) groups is 2. The lowest BCUT2D eigenvalue weighted by atomic mass is 10.00. The van der Waals surface area contributed by atoms with Crippen LogP contribution in [0.5, 0.6) is 0 Å². The molecule has 0 spiro atoms. The molecule has 0 amide bonds. The third-order valence-corrected chi connectivity index (χ3v) is 3.63. The molecule has 0 aromatic carbocycles. The number of carboxylic acid groups (broad SMARTS) is 2. The fraction of sp³-hybridized carbons (Fsp3) is 0.600. The van der Waals surface area contributed by atoms with Crippen molar-refractivity contribution < 1.29 is 19.8 Å². The molecule has 4 nitrogen and oxygen atoms in total. The third-order valence-electron chi connectivity index (χ3n) is 3.63. The summed E-state index contributed by atoms with van der Waals surface area (Å²) in [6.45, 7) is 1.70. The number of rotatable bonds is 2. The van der Waals surface area contributed by atoms with Crippen molar-refractivity contribution >= 4 is 11.9 Å². The summed E-state index contributed by atoms with van der Waals surface area (Å²) in [6, 6.07) is 0. The average molecular weight is 196 g/mol. The lowest BCUT2D eigenvalue weighted by Gasteiger charge is -2.05. The summed E-state index contributed by atoms with van der Waals surface area (Å²) < 4.78 is 0. The van der Waals surface area contributed by atoms with E-state index in [1.807, 2.05) is 0 Å². The number of carboxylic acids is 2. The standard InChI is InChI=1S/C10H12O4/c1-10(9(13)14)6-3-2-5(8(11)12)4-7(6)10/h4,6-7H,2-3H2,1H3,(H,11,12)(H,13,14). The molecule has 2 rings (SSSR count). The zero-order valence-electron chi connectivity index (χ0n) is 7.86. The number of allylic oxidation sites excluding steroid dienone is 1. The highest BCUT2D eigenvalue weighted by atomic mass is 16.4. The topological polar surface area (TPSA) is 74.6 Å². The van der Waals surface area contributed by atoms with Crippen LogP contribution in [0, 0.1) is 17.3 Å². The van der Waals surface area contributed by atoms with Gasteiger partial charge in [0.2, 0.25) is 0 Å². The van der Waals surface area contributed by atoms with Gasteiger partial charge in [0.1, 0.15) is 0 Å². The van der Waals surface area contributed by atoms with Gasteiger partial charge in [0, 0.05) is 5.57 Å². The maximum atomic E-state index is 10.9. The number of hydrogen-bond acceptors (Lipinski definition) is 2. The fourth-order valence-electron chi connectivity index (χ4n) is 2.50. The molecular weight excluding hydrogens is 184 g/mol. The van der Waals surface area contributed by atoms with Crippen LogP contribution in [0.1, 0.15) is 19.8 Å². The van der Waals surface area contributed by atoms with Crippen LogP contribution in [-0.4, -0.2) is 22.2 Å². The second-order valence-corrected chi connectivity index (χ2v) is 4.26. The van der Waals surface area contributed by atoms with Crippen molar-refractivity contribution in [2.75, 3.05) is 0 Å². The lowest BCUT2D eigenvalue weighted by Crippen LogP contribution is -2.13. The summed E-state index contributed by atoms with van der Waals surface area (Å²) >= 11 is 0. The number of hydrogen-bond donors (Lipinski definition) is 2. The van der Waals surface area contributed by atoms with Gasteiger partial charge in [-0.3, -0.25) is 4.79 Å². The molecule has 0 aromatic heterocycles. The van der Waals surface area contributed by atoms with Crippen LogP contribution in [0.3, 0.4) is 0 Å². The smallest absolute Gasteiger partial charge is 0.331 e. The molecule has 2 aliphatic carbocycles. The summed E-state index contributed by atoms with van der Waals surface area (Å²) in [5.41, 5.74) is -0.340. The minimum atomic E-state index is -0.914. The Kier molecular flexibility index (Phi) is 1.71. The summed E-state index contributed by atoms with van der Waals surface area (Å²) in [7, 11) is 0. The van der Waals surface area contributed by atoms with Gasteiger partial charge in [0.15, 0.2) is 0 Å². The SMILES string of the molecule is CC1(C(=O)O)C2C=C(C(=O)O)CCC21. The van der Waals surface area contributed by atoms with Crippen LogP contribution in [-0.2, 0) is 9.59 Å². The summed E-state index contributed by atoms with van der Waals surface area (Å²) in [6.07, 6.45) is 2.82. The van der Waals surface area contributed by atoms with Crippen molar-refractivity contribution in [1.82, 2.24) is 0 Å². The zero-order chi connectivity index (χ0) is 10.5. The molecule has 0 aromatic rings. The predicted octanol–water partition coefficient (Wildman–Crippen LogP) is 1.13. The van der Waals surface area contributed by atoms with Gasteiger partial charge in [-0.1, -0.05) is 6.08 Å². The monoisotopic (exact) mass is 196 g/mol. The van der Waals surface area contributed by atoms with Crippen LogP contribution in [0.25, 0.3) is 0 Å². The highest BCUT2D eigenvalue weighted by Crippen LogP contribution is 2.64. The Morgan fingerprint density at radius 1 is 1.50 bits per heavy atom. The Labute approximate surface area is 81.2 Å². The van der Waals surface area contributed by atoms with Crippen molar-refractivity contribution in [2.45, 2.75) is 19.8 Å². The highest BCUT2D eigenvalue weighted by molar-refractivity contribution is 5.88. The average Bonchev–Trinajstić information content (AvgIpc) is 2.73. The van der Waals surface area contributed by atoms with Crippen molar-refractivity contribution in [3.8, 4) is 0 Å². The quantitative estimate of drug-likeness (QED) is 0.694. The van der Waals surface area contributed by atoms with E-state index in [1.165, 1.54) is 0 Å². The van der Waals surface area contributed by atoms with E-state index in [-0.39, 0.29) is 11.8 Å². The first kappa shape index (κ1) is 9.24. The molecular formula is C10H12O4.